The molecule has 3 atom stereocenters. The molecule has 0 aliphatic carbocycles. The van der Waals surface area contributed by atoms with Gasteiger partial charge in [0.2, 0.25) is 0 Å². The van der Waals surface area contributed by atoms with Crippen LogP contribution in [0.4, 0.5) is 11.5 Å². The Morgan fingerprint density at radius 2 is 2.08 bits per heavy atom. The van der Waals surface area contributed by atoms with Crippen LogP contribution in [0.5, 0.6) is 0 Å². The lowest BCUT2D eigenvalue weighted by Gasteiger charge is -2.52. The minimum atomic E-state index is -0.994. The second-order valence-electron chi connectivity index (χ2n) is 10.9. The van der Waals surface area contributed by atoms with E-state index in [1.165, 1.54) is 0 Å². The van der Waals surface area contributed by atoms with E-state index in [0.29, 0.717) is 55.1 Å². The van der Waals surface area contributed by atoms with E-state index in [4.69, 9.17) is 19.4 Å². The Morgan fingerprint density at radius 1 is 1.26 bits per heavy atom. The Kier molecular flexibility index (Phi) is 6.59. The number of para-hydroxylation sites is 1. The fourth-order valence-corrected chi connectivity index (χ4v) is 6.35. The van der Waals surface area contributed by atoms with Crippen LogP contribution >= 0.6 is 0 Å². The Morgan fingerprint density at radius 3 is 2.90 bits per heavy atom. The molecule has 3 fully saturated rings. The number of ether oxygens (including phenoxy) is 2. The molecule has 1 aromatic heterocycles. The predicted octanol–water partition coefficient (Wildman–Crippen LogP) is 3.71. The number of morpholine rings is 1. The zero-order valence-electron chi connectivity index (χ0n) is 22.2. The molecule has 0 amide bonds. The van der Waals surface area contributed by atoms with E-state index < -0.39 is 5.97 Å². The summed E-state index contributed by atoms with van der Waals surface area (Å²) in [5.41, 5.74) is 3.83. The smallest absolute Gasteiger partial charge is 0.337 e. The van der Waals surface area contributed by atoms with Crippen molar-refractivity contribution in [2.45, 2.75) is 44.3 Å². The Bertz CT molecular complexity index is 1470. The number of hydrogen-bond acceptors (Lipinski definition) is 9. The van der Waals surface area contributed by atoms with Gasteiger partial charge in [0, 0.05) is 23.8 Å². The monoisotopic (exact) mass is 528 g/mol. The Hall–Kier alpha value is -3.78. The standard InChI is InChI=1S/C29H32N6O4/c1-18-10-22(19(2)31-23-8-4-3-7-21(23)28(36)37)26-24(11-18)32-25(12-30)27(33-26)34-14-29(16-39-17-34)15-38-13-20-6-5-9-35(20)29/h3-4,7-8,10-11,19-20,31H,5-6,9,13-17H2,1-2H3,(H,36,37)/t19-,20?,29?/m1/s1. The second-order valence-corrected chi connectivity index (χ2v) is 10.9. The quantitative estimate of drug-likeness (QED) is 0.506. The molecule has 0 bridgehead atoms. The molecule has 39 heavy (non-hydrogen) atoms. The molecule has 2 N–H and O–H groups in total. The SMILES string of the molecule is Cc1cc([C@@H](C)Nc2ccccc2C(=O)O)c2nc(N3COCC4(COCC5CCCN54)C3)c(C#N)nc2c1. The first-order valence-corrected chi connectivity index (χ1v) is 13.4. The summed E-state index contributed by atoms with van der Waals surface area (Å²) >= 11 is 0. The minimum absolute atomic E-state index is 0.200. The summed E-state index contributed by atoms with van der Waals surface area (Å²) in [7, 11) is 0. The third-order valence-corrected chi connectivity index (χ3v) is 8.10. The van der Waals surface area contributed by atoms with Crippen LogP contribution in [0.25, 0.3) is 11.0 Å². The molecule has 0 saturated carbocycles. The molecule has 3 saturated heterocycles. The predicted molar refractivity (Wildman–Crippen MR) is 146 cm³/mol. The van der Waals surface area contributed by atoms with Crippen LogP contribution in [0, 0.1) is 18.3 Å². The zero-order chi connectivity index (χ0) is 27.1. The molecule has 3 aromatic rings. The summed E-state index contributed by atoms with van der Waals surface area (Å²) in [5, 5.41) is 23.1. The van der Waals surface area contributed by atoms with Crippen molar-refractivity contribution in [2.24, 2.45) is 0 Å². The first-order chi connectivity index (χ1) is 18.9. The summed E-state index contributed by atoms with van der Waals surface area (Å²) in [4.78, 5) is 26.1. The van der Waals surface area contributed by atoms with Gasteiger partial charge in [0.1, 0.15) is 12.8 Å². The maximum Gasteiger partial charge on any atom is 0.337 e. The van der Waals surface area contributed by atoms with E-state index in [2.05, 4.69) is 16.3 Å². The molecule has 0 radical (unpaired) electrons. The molecule has 3 aliphatic heterocycles. The van der Waals surface area contributed by atoms with Crippen molar-refractivity contribution in [1.82, 2.24) is 14.9 Å². The number of nitrogens with zero attached hydrogens (tertiary/aromatic N) is 5. The summed E-state index contributed by atoms with van der Waals surface area (Å²) in [5.74, 6) is -0.500. The number of hydrogen-bond donors (Lipinski definition) is 2. The number of carbonyl (C=O) groups is 1. The van der Waals surface area contributed by atoms with Gasteiger partial charge in [0.15, 0.2) is 11.5 Å². The molecule has 202 valence electrons. The van der Waals surface area contributed by atoms with Crippen LogP contribution in [0.15, 0.2) is 36.4 Å². The summed E-state index contributed by atoms with van der Waals surface area (Å²) in [6.07, 6.45) is 2.27. The molecular formula is C29H32N6O4. The molecule has 4 heterocycles. The molecule has 10 heteroatoms. The third-order valence-electron chi connectivity index (χ3n) is 8.10. The van der Waals surface area contributed by atoms with Crippen molar-refractivity contribution < 1.29 is 19.4 Å². The van der Waals surface area contributed by atoms with E-state index in [0.717, 1.165) is 37.1 Å². The van der Waals surface area contributed by atoms with E-state index >= 15 is 0 Å². The van der Waals surface area contributed by atoms with Crippen molar-refractivity contribution in [2.75, 3.05) is 49.9 Å². The number of anilines is 2. The van der Waals surface area contributed by atoms with Crippen LogP contribution in [0.1, 0.15) is 53.0 Å². The fraction of sp³-hybridized carbons (Fsp3) is 0.448. The second kappa shape index (κ2) is 10.1. The lowest BCUT2D eigenvalue weighted by atomic mass is 9.94. The number of nitriles is 1. The first kappa shape index (κ1) is 25.5. The number of benzene rings is 2. The summed E-state index contributed by atoms with van der Waals surface area (Å²) in [6, 6.07) is 13.2. The Labute approximate surface area is 227 Å². The number of aromatic carboxylic acids is 1. The van der Waals surface area contributed by atoms with Gasteiger partial charge in [-0.15, -0.1) is 0 Å². The molecule has 6 rings (SSSR count). The number of rotatable bonds is 5. The maximum absolute atomic E-state index is 11.8. The van der Waals surface area contributed by atoms with E-state index in [1.807, 2.05) is 30.9 Å². The average Bonchev–Trinajstić information content (AvgIpc) is 3.43. The van der Waals surface area contributed by atoms with Gasteiger partial charge >= 0.3 is 5.97 Å². The maximum atomic E-state index is 11.8. The van der Waals surface area contributed by atoms with Gasteiger partial charge in [0.05, 0.1) is 48.0 Å². The lowest BCUT2D eigenvalue weighted by molar-refractivity contribution is -0.131. The third kappa shape index (κ3) is 4.56. The highest BCUT2D eigenvalue weighted by molar-refractivity contribution is 5.94. The van der Waals surface area contributed by atoms with Gasteiger partial charge in [0.25, 0.3) is 0 Å². The van der Waals surface area contributed by atoms with Gasteiger partial charge in [-0.1, -0.05) is 18.2 Å². The van der Waals surface area contributed by atoms with Crippen molar-refractivity contribution in [3.63, 3.8) is 0 Å². The minimum Gasteiger partial charge on any atom is -0.478 e. The van der Waals surface area contributed by atoms with Crippen molar-refractivity contribution >= 4 is 28.5 Å². The van der Waals surface area contributed by atoms with Crippen LogP contribution in [0.2, 0.25) is 0 Å². The molecule has 2 aromatic carbocycles. The number of aryl methyl sites for hydroxylation is 1. The van der Waals surface area contributed by atoms with E-state index in [-0.39, 0.29) is 22.8 Å². The van der Waals surface area contributed by atoms with E-state index in [9.17, 15) is 15.2 Å². The molecule has 10 nitrogen and oxygen atoms in total. The van der Waals surface area contributed by atoms with E-state index in [1.54, 1.807) is 24.3 Å². The highest BCUT2D eigenvalue weighted by Crippen LogP contribution is 2.37. The molecular weight excluding hydrogens is 496 g/mol. The first-order valence-electron chi connectivity index (χ1n) is 13.4. The zero-order valence-corrected chi connectivity index (χ0v) is 22.2. The topological polar surface area (TPSA) is 124 Å². The molecule has 3 aliphatic rings. The number of aromatic nitrogens is 2. The number of fused-ring (bicyclic) bond motifs is 3. The normalized spacial score (nSPS) is 23.9. The number of carboxylic acids is 1. The molecule has 1 spiro atoms. The van der Waals surface area contributed by atoms with Gasteiger partial charge in [-0.2, -0.15) is 5.26 Å². The fourth-order valence-electron chi connectivity index (χ4n) is 6.35. The van der Waals surface area contributed by atoms with Gasteiger partial charge in [-0.25, -0.2) is 14.8 Å². The molecule has 2 unspecified atom stereocenters. The van der Waals surface area contributed by atoms with Gasteiger partial charge < -0.3 is 24.8 Å². The van der Waals surface area contributed by atoms with Gasteiger partial charge in [-0.3, -0.25) is 4.90 Å². The summed E-state index contributed by atoms with van der Waals surface area (Å²) < 4.78 is 12.2. The summed E-state index contributed by atoms with van der Waals surface area (Å²) in [6.45, 7) is 7.83. The van der Waals surface area contributed by atoms with Crippen LogP contribution in [-0.4, -0.2) is 77.2 Å². The van der Waals surface area contributed by atoms with Crippen molar-refractivity contribution in [3.8, 4) is 6.07 Å². The largest absolute Gasteiger partial charge is 0.478 e. The van der Waals surface area contributed by atoms with Crippen LogP contribution < -0.4 is 10.2 Å². The highest BCUT2D eigenvalue weighted by Gasteiger charge is 2.49. The highest BCUT2D eigenvalue weighted by atomic mass is 16.5. The van der Waals surface area contributed by atoms with Crippen LogP contribution in [-0.2, 0) is 9.47 Å². The Balaban J connectivity index is 1.39. The number of carboxylic acid groups (broad SMARTS) is 1. The average molecular weight is 529 g/mol. The number of nitrogens with one attached hydrogen (secondary N) is 1. The lowest BCUT2D eigenvalue weighted by Crippen LogP contribution is -2.68. The van der Waals surface area contributed by atoms with Crippen molar-refractivity contribution in [3.05, 3.63) is 58.8 Å². The van der Waals surface area contributed by atoms with Crippen molar-refractivity contribution in [1.29, 1.82) is 5.26 Å². The van der Waals surface area contributed by atoms with Crippen LogP contribution in [0.3, 0.4) is 0 Å². The van der Waals surface area contributed by atoms with Gasteiger partial charge in [-0.05, 0) is 57.0 Å².